The Hall–Kier alpha value is -3.06. The summed E-state index contributed by atoms with van der Waals surface area (Å²) in [4.78, 5) is 0. The second-order valence-corrected chi connectivity index (χ2v) is 6.24. The Labute approximate surface area is 139 Å². The summed E-state index contributed by atoms with van der Waals surface area (Å²) >= 11 is 0. The van der Waals surface area contributed by atoms with Crippen LogP contribution in [0.25, 0.3) is 49.4 Å². The molecule has 5 rings (SSSR count). The molecule has 24 heavy (non-hydrogen) atoms. The average molecular weight is 308 g/mol. The molecule has 0 aliphatic carbocycles. The summed E-state index contributed by atoms with van der Waals surface area (Å²) in [5, 5.41) is 8.83. The van der Waals surface area contributed by atoms with Gasteiger partial charge in [-0.15, -0.1) is 0 Å². The number of hydrogen-bond donors (Lipinski definition) is 0. The maximum Gasteiger partial charge on any atom is 0.134 e. The summed E-state index contributed by atoms with van der Waals surface area (Å²) in [6, 6.07) is 21.9. The second-order valence-electron chi connectivity index (χ2n) is 6.24. The third kappa shape index (κ3) is 1.88. The molecule has 0 radical (unpaired) electrons. The second kappa shape index (κ2) is 4.97. The first-order chi connectivity index (χ1) is 11.8. The fourth-order valence-electron chi connectivity index (χ4n) is 3.66. The standard InChI is InChI=1S/C23H16O/c1-2-3-15-4-5-16-14-22-17(13-18(16)12-15)6-7-19-20(22)8-9-23-21(19)10-11-24-23/h2-14H,1H3. The van der Waals surface area contributed by atoms with E-state index in [2.05, 4.69) is 66.7 Å². The van der Waals surface area contributed by atoms with Gasteiger partial charge in [-0.25, -0.2) is 0 Å². The van der Waals surface area contributed by atoms with Gasteiger partial charge < -0.3 is 4.42 Å². The number of allylic oxidation sites excluding steroid dienone is 1. The van der Waals surface area contributed by atoms with Crippen LogP contribution < -0.4 is 0 Å². The molecular formula is C23H16O. The maximum atomic E-state index is 5.54. The highest BCUT2D eigenvalue weighted by Gasteiger charge is 2.07. The Balaban J connectivity index is 1.89. The average Bonchev–Trinajstić information content (AvgIpc) is 3.09. The minimum Gasteiger partial charge on any atom is -0.464 e. The smallest absolute Gasteiger partial charge is 0.134 e. The van der Waals surface area contributed by atoms with E-state index in [1.165, 1.54) is 43.3 Å². The van der Waals surface area contributed by atoms with Gasteiger partial charge in [0.15, 0.2) is 0 Å². The lowest BCUT2D eigenvalue weighted by atomic mass is 9.96. The van der Waals surface area contributed by atoms with Crippen molar-refractivity contribution in [2.45, 2.75) is 6.92 Å². The van der Waals surface area contributed by atoms with Crippen molar-refractivity contribution in [1.82, 2.24) is 0 Å². The molecule has 0 atom stereocenters. The molecule has 0 N–H and O–H groups in total. The van der Waals surface area contributed by atoms with Crippen molar-refractivity contribution < 1.29 is 4.42 Å². The predicted octanol–water partition coefficient (Wildman–Crippen LogP) is 6.93. The van der Waals surface area contributed by atoms with Crippen LogP contribution in [0.15, 0.2) is 77.4 Å². The number of benzene rings is 4. The monoisotopic (exact) mass is 308 g/mol. The zero-order valence-corrected chi connectivity index (χ0v) is 13.4. The molecule has 0 aliphatic rings. The molecule has 0 unspecified atom stereocenters. The van der Waals surface area contributed by atoms with Gasteiger partial charge in [0.1, 0.15) is 5.58 Å². The number of furan rings is 1. The van der Waals surface area contributed by atoms with Gasteiger partial charge in [-0.2, -0.15) is 0 Å². The van der Waals surface area contributed by atoms with Crippen molar-refractivity contribution in [1.29, 1.82) is 0 Å². The van der Waals surface area contributed by atoms with Crippen molar-refractivity contribution in [3.05, 3.63) is 78.6 Å². The summed E-state index contributed by atoms with van der Waals surface area (Å²) in [7, 11) is 0. The highest BCUT2D eigenvalue weighted by molar-refractivity contribution is 6.18. The normalized spacial score (nSPS) is 12.2. The van der Waals surface area contributed by atoms with Crippen molar-refractivity contribution in [2.24, 2.45) is 0 Å². The van der Waals surface area contributed by atoms with E-state index in [1.54, 1.807) is 6.26 Å². The lowest BCUT2D eigenvalue weighted by Crippen LogP contribution is -1.81. The van der Waals surface area contributed by atoms with Gasteiger partial charge in [0.2, 0.25) is 0 Å². The van der Waals surface area contributed by atoms with E-state index in [0.717, 1.165) is 5.58 Å². The third-order valence-corrected chi connectivity index (χ3v) is 4.79. The van der Waals surface area contributed by atoms with Gasteiger partial charge in [-0.3, -0.25) is 0 Å². The summed E-state index contributed by atoms with van der Waals surface area (Å²) in [5.41, 5.74) is 2.18. The molecule has 114 valence electrons. The molecule has 5 aromatic rings. The van der Waals surface area contributed by atoms with Crippen LogP contribution in [0.4, 0.5) is 0 Å². The van der Waals surface area contributed by atoms with E-state index >= 15 is 0 Å². The Bertz CT molecular complexity index is 1250. The minimum absolute atomic E-state index is 0.943. The van der Waals surface area contributed by atoms with Gasteiger partial charge in [0, 0.05) is 5.39 Å². The molecule has 1 heteroatoms. The first kappa shape index (κ1) is 13.4. The van der Waals surface area contributed by atoms with Crippen LogP contribution in [0.5, 0.6) is 0 Å². The summed E-state index contributed by atoms with van der Waals surface area (Å²) < 4.78 is 5.54. The summed E-state index contributed by atoms with van der Waals surface area (Å²) in [6.45, 7) is 2.05. The molecule has 0 saturated carbocycles. The van der Waals surface area contributed by atoms with E-state index < -0.39 is 0 Å². The Morgan fingerprint density at radius 2 is 1.50 bits per heavy atom. The predicted molar refractivity (Wildman–Crippen MR) is 103 cm³/mol. The van der Waals surface area contributed by atoms with E-state index in [-0.39, 0.29) is 0 Å². The van der Waals surface area contributed by atoms with E-state index in [0.29, 0.717) is 0 Å². The van der Waals surface area contributed by atoms with Crippen molar-refractivity contribution in [3.63, 3.8) is 0 Å². The molecule has 0 amide bonds. The number of hydrogen-bond acceptors (Lipinski definition) is 1. The molecule has 1 heterocycles. The number of rotatable bonds is 1. The Morgan fingerprint density at radius 3 is 2.42 bits per heavy atom. The Morgan fingerprint density at radius 1 is 0.667 bits per heavy atom. The van der Waals surface area contributed by atoms with E-state index in [4.69, 9.17) is 4.42 Å². The molecule has 0 aliphatic heterocycles. The van der Waals surface area contributed by atoms with Gasteiger partial charge in [-0.1, -0.05) is 42.5 Å². The van der Waals surface area contributed by atoms with Crippen LogP contribution in [-0.2, 0) is 0 Å². The molecule has 1 nitrogen and oxygen atoms in total. The first-order valence-corrected chi connectivity index (χ1v) is 8.23. The van der Waals surface area contributed by atoms with E-state index in [1.807, 2.05) is 13.0 Å². The fourth-order valence-corrected chi connectivity index (χ4v) is 3.66. The lowest BCUT2D eigenvalue weighted by Gasteiger charge is -2.08. The zero-order valence-electron chi connectivity index (χ0n) is 13.4. The summed E-state index contributed by atoms with van der Waals surface area (Å²) in [6.07, 6.45) is 5.98. The molecule has 0 bridgehead atoms. The molecule has 0 fully saturated rings. The SMILES string of the molecule is CC=Cc1ccc2cc3c(ccc4c5ccoc5ccc34)cc2c1. The van der Waals surface area contributed by atoms with Crippen LogP contribution in [0.2, 0.25) is 0 Å². The van der Waals surface area contributed by atoms with Crippen molar-refractivity contribution in [2.75, 3.05) is 0 Å². The van der Waals surface area contributed by atoms with Crippen LogP contribution in [-0.4, -0.2) is 0 Å². The molecule has 4 aromatic carbocycles. The van der Waals surface area contributed by atoms with Crippen LogP contribution in [0.3, 0.4) is 0 Å². The third-order valence-electron chi connectivity index (χ3n) is 4.79. The zero-order chi connectivity index (χ0) is 16.1. The maximum absolute atomic E-state index is 5.54. The molecule has 0 saturated heterocycles. The molecular weight excluding hydrogens is 292 g/mol. The van der Waals surface area contributed by atoms with Gasteiger partial charge in [0.25, 0.3) is 0 Å². The topological polar surface area (TPSA) is 13.1 Å². The van der Waals surface area contributed by atoms with Crippen LogP contribution >= 0.6 is 0 Å². The van der Waals surface area contributed by atoms with Gasteiger partial charge in [-0.05, 0) is 75.1 Å². The van der Waals surface area contributed by atoms with Crippen LogP contribution in [0.1, 0.15) is 12.5 Å². The van der Waals surface area contributed by atoms with Crippen molar-refractivity contribution in [3.8, 4) is 0 Å². The highest BCUT2D eigenvalue weighted by atomic mass is 16.3. The number of fused-ring (bicyclic) bond motifs is 6. The first-order valence-electron chi connectivity index (χ1n) is 8.23. The Kier molecular flexibility index (Phi) is 2.77. The summed E-state index contributed by atoms with van der Waals surface area (Å²) in [5.74, 6) is 0. The highest BCUT2D eigenvalue weighted by Crippen LogP contribution is 2.34. The fraction of sp³-hybridized carbons (Fsp3) is 0.0435. The lowest BCUT2D eigenvalue weighted by molar-refractivity contribution is 0.616. The van der Waals surface area contributed by atoms with Gasteiger partial charge in [0.05, 0.1) is 6.26 Å². The van der Waals surface area contributed by atoms with E-state index in [9.17, 15) is 0 Å². The molecule has 1 aromatic heterocycles. The van der Waals surface area contributed by atoms with Crippen LogP contribution in [0, 0.1) is 0 Å². The van der Waals surface area contributed by atoms with Gasteiger partial charge >= 0.3 is 0 Å². The van der Waals surface area contributed by atoms with Crippen molar-refractivity contribution >= 4 is 49.4 Å². The minimum atomic E-state index is 0.943. The quantitative estimate of drug-likeness (QED) is 0.242. The molecule has 0 spiro atoms. The largest absolute Gasteiger partial charge is 0.464 e.